The van der Waals surface area contributed by atoms with Crippen LogP contribution in [0.4, 0.5) is 5.69 Å². The average Bonchev–Trinajstić information content (AvgIpc) is 2.96. The minimum atomic E-state index is -3.95. The molecule has 0 bridgehead atoms. The van der Waals surface area contributed by atoms with Crippen LogP contribution in [0.2, 0.25) is 0 Å². The van der Waals surface area contributed by atoms with Gasteiger partial charge in [0.1, 0.15) is 0 Å². The maximum absolute atomic E-state index is 13.1. The van der Waals surface area contributed by atoms with Crippen LogP contribution < -0.4 is 9.03 Å². The number of sulfonamides is 2. The molecule has 10 heteroatoms. The zero-order valence-corrected chi connectivity index (χ0v) is 19.6. The number of anilines is 1. The highest BCUT2D eigenvalue weighted by atomic mass is 32.2. The van der Waals surface area contributed by atoms with E-state index in [-0.39, 0.29) is 35.3 Å². The molecule has 1 atom stereocenters. The SMILES string of the molecule is Cc1ccc([C@H](CNS(=O)(=O)c2cc(N3C(=O)CCS3(=O)=O)ccc2C)N(C)C)cc1. The second kappa shape index (κ2) is 8.70. The van der Waals surface area contributed by atoms with E-state index in [0.29, 0.717) is 9.87 Å². The minimum absolute atomic E-state index is 0.0381. The molecular formula is C21H27N3O5S2. The van der Waals surface area contributed by atoms with Gasteiger partial charge in [-0.15, -0.1) is 0 Å². The van der Waals surface area contributed by atoms with E-state index in [1.165, 1.54) is 18.2 Å². The molecule has 0 unspecified atom stereocenters. The molecule has 1 fully saturated rings. The van der Waals surface area contributed by atoms with Gasteiger partial charge in [-0.1, -0.05) is 35.9 Å². The molecule has 2 aromatic carbocycles. The summed E-state index contributed by atoms with van der Waals surface area (Å²) in [4.78, 5) is 14.0. The molecule has 168 valence electrons. The van der Waals surface area contributed by atoms with Gasteiger partial charge in [-0.3, -0.25) is 4.79 Å². The van der Waals surface area contributed by atoms with Crippen LogP contribution in [0.3, 0.4) is 0 Å². The van der Waals surface area contributed by atoms with Crippen LogP contribution in [-0.4, -0.2) is 54.0 Å². The van der Waals surface area contributed by atoms with Crippen molar-refractivity contribution in [3.63, 3.8) is 0 Å². The van der Waals surface area contributed by atoms with Crippen molar-refractivity contribution < 1.29 is 21.6 Å². The van der Waals surface area contributed by atoms with E-state index in [1.807, 2.05) is 50.2 Å². The zero-order chi connectivity index (χ0) is 23.0. The van der Waals surface area contributed by atoms with Crippen LogP contribution in [0.15, 0.2) is 47.4 Å². The van der Waals surface area contributed by atoms with E-state index in [1.54, 1.807) is 6.92 Å². The molecule has 31 heavy (non-hydrogen) atoms. The molecule has 1 heterocycles. The lowest BCUT2D eigenvalue weighted by Crippen LogP contribution is -2.35. The van der Waals surface area contributed by atoms with E-state index in [4.69, 9.17) is 0 Å². The molecule has 1 amide bonds. The summed E-state index contributed by atoms with van der Waals surface area (Å²) in [5, 5.41) is 0. The Morgan fingerprint density at radius 3 is 2.29 bits per heavy atom. The van der Waals surface area contributed by atoms with Gasteiger partial charge in [-0.2, -0.15) is 0 Å². The molecular weight excluding hydrogens is 438 g/mol. The molecule has 1 aliphatic rings. The van der Waals surface area contributed by atoms with E-state index in [9.17, 15) is 21.6 Å². The first kappa shape index (κ1) is 23.4. The number of nitrogens with zero attached hydrogens (tertiary/aromatic N) is 2. The summed E-state index contributed by atoms with van der Waals surface area (Å²) in [6.07, 6.45) is -0.113. The number of hydrogen-bond donors (Lipinski definition) is 1. The van der Waals surface area contributed by atoms with Crippen LogP contribution in [0, 0.1) is 13.8 Å². The fourth-order valence-electron chi connectivity index (χ4n) is 3.53. The van der Waals surface area contributed by atoms with Gasteiger partial charge in [0.2, 0.25) is 26.0 Å². The van der Waals surface area contributed by atoms with Crippen LogP contribution in [-0.2, 0) is 24.8 Å². The number of carbonyl (C=O) groups is 1. The Hall–Kier alpha value is -2.27. The number of benzene rings is 2. The summed E-state index contributed by atoms with van der Waals surface area (Å²) in [5.41, 5.74) is 2.58. The van der Waals surface area contributed by atoms with Crippen molar-refractivity contribution in [3.05, 3.63) is 59.2 Å². The quantitative estimate of drug-likeness (QED) is 0.670. The molecule has 0 saturated carbocycles. The van der Waals surface area contributed by atoms with Crippen LogP contribution >= 0.6 is 0 Å². The number of amides is 1. The van der Waals surface area contributed by atoms with Crippen molar-refractivity contribution >= 4 is 31.6 Å². The molecule has 0 aliphatic carbocycles. The largest absolute Gasteiger partial charge is 0.301 e. The van der Waals surface area contributed by atoms with Gasteiger partial charge in [0.15, 0.2) is 0 Å². The molecule has 0 aromatic heterocycles. The lowest BCUT2D eigenvalue weighted by Gasteiger charge is -2.25. The second-order valence-corrected chi connectivity index (χ2v) is 11.6. The highest BCUT2D eigenvalue weighted by Gasteiger charge is 2.37. The maximum atomic E-state index is 13.1. The maximum Gasteiger partial charge on any atom is 0.242 e. The number of rotatable bonds is 7. The highest BCUT2D eigenvalue weighted by Crippen LogP contribution is 2.29. The second-order valence-electron chi connectivity index (χ2n) is 7.92. The van der Waals surface area contributed by atoms with Crippen molar-refractivity contribution in [2.75, 3.05) is 30.7 Å². The fraction of sp³-hybridized carbons (Fsp3) is 0.381. The molecule has 2 aromatic rings. The molecule has 1 N–H and O–H groups in total. The average molecular weight is 466 g/mol. The van der Waals surface area contributed by atoms with Gasteiger partial charge in [0, 0.05) is 19.0 Å². The molecule has 1 aliphatic heterocycles. The summed E-state index contributed by atoms with van der Waals surface area (Å²) in [5.74, 6) is -0.839. The van der Waals surface area contributed by atoms with Gasteiger partial charge < -0.3 is 4.90 Å². The summed E-state index contributed by atoms with van der Waals surface area (Å²) in [6.45, 7) is 3.74. The number of carbonyl (C=O) groups excluding carboxylic acids is 1. The van der Waals surface area contributed by atoms with E-state index in [0.717, 1.165) is 11.1 Å². The monoisotopic (exact) mass is 465 g/mol. The van der Waals surface area contributed by atoms with Gasteiger partial charge in [-0.05, 0) is 51.2 Å². The Labute approximate surface area is 184 Å². The molecule has 0 spiro atoms. The number of hydrogen-bond acceptors (Lipinski definition) is 6. The summed E-state index contributed by atoms with van der Waals surface area (Å²) in [6, 6.07) is 11.9. The Morgan fingerprint density at radius 1 is 1.10 bits per heavy atom. The van der Waals surface area contributed by atoms with Crippen LogP contribution in [0.1, 0.15) is 29.2 Å². The van der Waals surface area contributed by atoms with Gasteiger partial charge >= 0.3 is 0 Å². The van der Waals surface area contributed by atoms with Crippen molar-refractivity contribution in [2.45, 2.75) is 31.2 Å². The highest BCUT2D eigenvalue weighted by molar-refractivity contribution is 7.94. The van der Waals surface area contributed by atoms with Crippen LogP contribution in [0.25, 0.3) is 0 Å². The molecule has 0 radical (unpaired) electrons. The third kappa shape index (κ3) is 4.98. The summed E-state index contributed by atoms with van der Waals surface area (Å²) in [7, 11) is -3.99. The molecule has 3 rings (SSSR count). The predicted octanol–water partition coefficient (Wildman–Crippen LogP) is 1.95. The third-order valence-corrected chi connectivity index (χ3v) is 8.58. The fourth-order valence-corrected chi connectivity index (χ4v) is 6.28. The third-order valence-electron chi connectivity index (χ3n) is 5.33. The zero-order valence-electron chi connectivity index (χ0n) is 18.0. The predicted molar refractivity (Wildman–Crippen MR) is 120 cm³/mol. The number of aryl methyl sites for hydroxylation is 2. The lowest BCUT2D eigenvalue weighted by molar-refractivity contribution is -0.116. The first-order valence-corrected chi connectivity index (χ1v) is 12.9. The van der Waals surface area contributed by atoms with E-state index < -0.39 is 26.0 Å². The Morgan fingerprint density at radius 2 is 1.74 bits per heavy atom. The Kier molecular flexibility index (Phi) is 6.56. The molecule has 8 nitrogen and oxygen atoms in total. The number of nitrogens with one attached hydrogen (secondary N) is 1. The van der Waals surface area contributed by atoms with Crippen molar-refractivity contribution in [3.8, 4) is 0 Å². The van der Waals surface area contributed by atoms with Gasteiger partial charge in [-0.25, -0.2) is 25.9 Å². The smallest absolute Gasteiger partial charge is 0.242 e. The van der Waals surface area contributed by atoms with Gasteiger partial charge in [0.05, 0.1) is 16.3 Å². The first-order valence-electron chi connectivity index (χ1n) is 9.81. The first-order chi connectivity index (χ1) is 14.4. The van der Waals surface area contributed by atoms with Gasteiger partial charge in [0.25, 0.3) is 0 Å². The lowest BCUT2D eigenvalue weighted by atomic mass is 10.0. The van der Waals surface area contributed by atoms with Crippen molar-refractivity contribution in [1.29, 1.82) is 0 Å². The number of likely N-dealkylation sites (N-methyl/N-ethyl adjacent to an activating group) is 1. The summed E-state index contributed by atoms with van der Waals surface area (Å²) >= 11 is 0. The van der Waals surface area contributed by atoms with Crippen molar-refractivity contribution in [2.24, 2.45) is 0 Å². The Bertz CT molecular complexity index is 1190. The molecule has 1 saturated heterocycles. The minimum Gasteiger partial charge on any atom is -0.301 e. The van der Waals surface area contributed by atoms with E-state index in [2.05, 4.69) is 4.72 Å². The topological polar surface area (TPSA) is 104 Å². The van der Waals surface area contributed by atoms with Crippen LogP contribution in [0.5, 0.6) is 0 Å². The van der Waals surface area contributed by atoms with Crippen molar-refractivity contribution in [1.82, 2.24) is 9.62 Å². The van der Waals surface area contributed by atoms with E-state index >= 15 is 0 Å². The summed E-state index contributed by atoms with van der Waals surface area (Å²) < 4.78 is 54.0. The normalized spacial score (nSPS) is 17.3. The standard InChI is InChI=1S/C21H27N3O5S2/c1-15-5-8-17(9-6-15)19(23(3)4)14-22-31(28,29)20-13-18(10-7-16(20)2)24-21(25)11-12-30(24,26)27/h5-10,13,19,22H,11-12,14H2,1-4H3/t19-/m0/s1. The Balaban J connectivity index is 1.89.